The van der Waals surface area contributed by atoms with Crippen molar-refractivity contribution >= 4 is 60.2 Å². The standard InChI is InChI=1S/C20H18ClN3O3S3/c1-30(26,27)20(4-5-20)14-7-22-16(29-14)15(25)24-19-8-18(9-19,10-19)17-23-12-3-2-11(21)6-13(12)28-17/h2-3,6-7H,4-5,8-10H2,1H3,(H,24,25). The highest BCUT2D eigenvalue weighted by molar-refractivity contribution is 7.92. The lowest BCUT2D eigenvalue weighted by atomic mass is 9.39. The molecule has 4 fully saturated rings. The number of hydrogen-bond donors (Lipinski definition) is 1. The van der Waals surface area contributed by atoms with Crippen LogP contribution in [0.25, 0.3) is 10.2 Å². The van der Waals surface area contributed by atoms with E-state index < -0.39 is 14.6 Å². The van der Waals surface area contributed by atoms with Gasteiger partial charge in [-0.25, -0.2) is 18.4 Å². The van der Waals surface area contributed by atoms with E-state index in [1.54, 1.807) is 17.5 Å². The summed E-state index contributed by atoms with van der Waals surface area (Å²) in [7, 11) is -3.21. The number of aromatic nitrogens is 2. The summed E-state index contributed by atoms with van der Waals surface area (Å²) in [6, 6.07) is 5.75. The molecular formula is C20H18ClN3O3S3. The highest BCUT2D eigenvalue weighted by atomic mass is 35.5. The Morgan fingerprint density at radius 2 is 1.93 bits per heavy atom. The smallest absolute Gasteiger partial charge is 0.280 e. The van der Waals surface area contributed by atoms with E-state index in [9.17, 15) is 13.2 Å². The van der Waals surface area contributed by atoms with Gasteiger partial charge in [-0.3, -0.25) is 4.79 Å². The Kier molecular flexibility index (Phi) is 3.72. The molecule has 10 heteroatoms. The van der Waals surface area contributed by atoms with Crippen LogP contribution in [0.15, 0.2) is 24.4 Å². The Morgan fingerprint density at radius 3 is 2.60 bits per heavy atom. The minimum atomic E-state index is -3.21. The van der Waals surface area contributed by atoms with Crippen molar-refractivity contribution in [2.75, 3.05) is 6.26 Å². The lowest BCUT2D eigenvalue weighted by Crippen LogP contribution is -2.76. The first-order valence-electron chi connectivity index (χ1n) is 9.69. The number of benzene rings is 1. The first kappa shape index (κ1) is 19.2. The summed E-state index contributed by atoms with van der Waals surface area (Å²) < 4.78 is 24.5. The molecule has 4 aliphatic carbocycles. The second kappa shape index (κ2) is 5.82. The Labute approximate surface area is 186 Å². The average Bonchev–Trinajstić information content (AvgIpc) is 3.11. The summed E-state index contributed by atoms with van der Waals surface area (Å²) in [5, 5.41) is 5.33. The van der Waals surface area contributed by atoms with Crippen LogP contribution in [0.2, 0.25) is 5.02 Å². The molecule has 4 aliphatic rings. The molecule has 0 radical (unpaired) electrons. The number of fused-ring (bicyclic) bond motifs is 1. The third-order valence-electron chi connectivity index (χ3n) is 6.78. The van der Waals surface area contributed by atoms with E-state index in [0.29, 0.717) is 27.7 Å². The van der Waals surface area contributed by atoms with Crippen LogP contribution in [0.4, 0.5) is 0 Å². The highest BCUT2D eigenvalue weighted by Gasteiger charge is 2.70. The van der Waals surface area contributed by atoms with Crippen molar-refractivity contribution in [3.8, 4) is 0 Å². The van der Waals surface area contributed by atoms with E-state index in [-0.39, 0.29) is 16.9 Å². The SMILES string of the molecule is CS(=O)(=O)C1(c2cnc(C(=O)NC34CC(c5nc6ccc(Cl)cc6s5)(C3)C4)s2)CC1. The molecule has 1 N–H and O–H groups in total. The summed E-state index contributed by atoms with van der Waals surface area (Å²) in [5.41, 5.74) is 0.843. The molecule has 3 aromatic rings. The lowest BCUT2D eigenvalue weighted by molar-refractivity contribution is -0.0807. The molecular weight excluding hydrogens is 462 g/mol. The minimum Gasteiger partial charge on any atom is -0.344 e. The third-order valence-corrected chi connectivity index (χ3v) is 11.7. The number of nitrogens with zero attached hydrogens (tertiary/aromatic N) is 2. The molecule has 2 heterocycles. The molecule has 6 nitrogen and oxygen atoms in total. The van der Waals surface area contributed by atoms with Crippen molar-refractivity contribution in [2.45, 2.75) is 47.8 Å². The fraction of sp³-hybridized carbons (Fsp3) is 0.450. The molecule has 156 valence electrons. The molecule has 1 aromatic carbocycles. The maximum Gasteiger partial charge on any atom is 0.280 e. The second-order valence-corrected chi connectivity index (χ2v) is 13.8. The topological polar surface area (TPSA) is 89.0 Å². The van der Waals surface area contributed by atoms with Gasteiger partial charge in [0, 0.05) is 33.3 Å². The number of carbonyl (C=O) groups is 1. The Bertz CT molecular complexity index is 1320. The Morgan fingerprint density at radius 1 is 1.20 bits per heavy atom. The Hall–Kier alpha value is -1.55. The van der Waals surface area contributed by atoms with Gasteiger partial charge in [-0.05, 0) is 50.3 Å². The number of carbonyl (C=O) groups excluding carboxylic acids is 1. The van der Waals surface area contributed by atoms with Crippen molar-refractivity contribution in [1.29, 1.82) is 0 Å². The van der Waals surface area contributed by atoms with Crippen molar-refractivity contribution in [3.63, 3.8) is 0 Å². The maximum absolute atomic E-state index is 12.8. The number of hydrogen-bond acceptors (Lipinski definition) is 7. The minimum absolute atomic E-state index is 0.0614. The largest absolute Gasteiger partial charge is 0.344 e. The van der Waals surface area contributed by atoms with Gasteiger partial charge in [0.15, 0.2) is 14.8 Å². The van der Waals surface area contributed by atoms with E-state index in [1.807, 2.05) is 18.2 Å². The van der Waals surface area contributed by atoms with Crippen molar-refractivity contribution in [1.82, 2.24) is 15.3 Å². The molecule has 4 saturated carbocycles. The van der Waals surface area contributed by atoms with Gasteiger partial charge in [0.05, 0.1) is 10.2 Å². The maximum atomic E-state index is 12.8. The normalized spacial score (nSPS) is 28.6. The molecule has 2 bridgehead atoms. The van der Waals surface area contributed by atoms with Crippen molar-refractivity contribution in [2.24, 2.45) is 0 Å². The lowest BCUT2D eigenvalue weighted by Gasteiger charge is -2.69. The van der Waals surface area contributed by atoms with E-state index in [4.69, 9.17) is 16.6 Å². The fourth-order valence-corrected chi connectivity index (χ4v) is 9.29. The summed E-state index contributed by atoms with van der Waals surface area (Å²) in [6.45, 7) is 0. The molecule has 7 rings (SSSR count). The van der Waals surface area contributed by atoms with Crippen LogP contribution in [0.3, 0.4) is 0 Å². The van der Waals surface area contributed by atoms with Gasteiger partial charge in [-0.2, -0.15) is 0 Å². The van der Waals surface area contributed by atoms with Gasteiger partial charge in [0.1, 0.15) is 9.75 Å². The molecule has 0 atom stereocenters. The predicted octanol–water partition coefficient (Wildman–Crippen LogP) is 4.04. The van der Waals surface area contributed by atoms with Gasteiger partial charge in [-0.15, -0.1) is 22.7 Å². The fourth-order valence-electron chi connectivity index (χ4n) is 5.07. The predicted molar refractivity (Wildman–Crippen MR) is 118 cm³/mol. The monoisotopic (exact) mass is 479 g/mol. The molecule has 0 aliphatic heterocycles. The summed E-state index contributed by atoms with van der Waals surface area (Å²) in [5.74, 6) is -0.208. The van der Waals surface area contributed by atoms with E-state index in [1.165, 1.54) is 17.6 Å². The zero-order chi connectivity index (χ0) is 20.9. The molecule has 0 saturated heterocycles. The molecule has 2 aromatic heterocycles. The number of nitrogens with one attached hydrogen (secondary N) is 1. The highest BCUT2D eigenvalue weighted by Crippen LogP contribution is 2.68. The van der Waals surface area contributed by atoms with Gasteiger partial charge in [0.25, 0.3) is 5.91 Å². The second-order valence-electron chi connectivity index (χ2n) is 8.97. The van der Waals surface area contributed by atoms with Crippen LogP contribution in [-0.2, 0) is 20.0 Å². The van der Waals surface area contributed by atoms with Crippen LogP contribution >= 0.6 is 34.3 Å². The van der Waals surface area contributed by atoms with E-state index in [0.717, 1.165) is 34.5 Å². The molecule has 0 unspecified atom stereocenters. The number of sulfone groups is 1. The Balaban J connectivity index is 1.16. The van der Waals surface area contributed by atoms with Crippen LogP contribution in [0.1, 0.15) is 51.8 Å². The summed E-state index contributed by atoms with van der Waals surface area (Å²) >= 11 is 8.98. The van der Waals surface area contributed by atoms with Crippen molar-refractivity contribution in [3.05, 3.63) is 44.3 Å². The van der Waals surface area contributed by atoms with Crippen LogP contribution < -0.4 is 5.32 Å². The number of halogens is 1. The molecule has 30 heavy (non-hydrogen) atoms. The summed E-state index contributed by atoms with van der Waals surface area (Å²) in [4.78, 5) is 22.5. The zero-order valence-corrected chi connectivity index (χ0v) is 19.3. The average molecular weight is 480 g/mol. The number of thiazole rings is 2. The van der Waals surface area contributed by atoms with Crippen LogP contribution in [0.5, 0.6) is 0 Å². The molecule has 1 amide bonds. The third kappa shape index (κ3) is 2.58. The molecule has 0 spiro atoms. The van der Waals surface area contributed by atoms with Crippen LogP contribution in [-0.4, -0.2) is 36.1 Å². The first-order valence-corrected chi connectivity index (χ1v) is 13.6. The van der Waals surface area contributed by atoms with E-state index >= 15 is 0 Å². The number of rotatable bonds is 5. The van der Waals surface area contributed by atoms with Crippen molar-refractivity contribution < 1.29 is 13.2 Å². The quantitative estimate of drug-likeness (QED) is 0.596. The zero-order valence-electron chi connectivity index (χ0n) is 16.1. The van der Waals surface area contributed by atoms with Crippen LogP contribution in [0, 0.1) is 0 Å². The number of amides is 1. The van der Waals surface area contributed by atoms with Gasteiger partial charge in [0.2, 0.25) is 0 Å². The van der Waals surface area contributed by atoms with Gasteiger partial charge in [-0.1, -0.05) is 11.6 Å². The van der Waals surface area contributed by atoms with Gasteiger partial charge >= 0.3 is 0 Å². The summed E-state index contributed by atoms with van der Waals surface area (Å²) in [6.07, 6.45) is 6.67. The first-order chi connectivity index (χ1) is 14.1. The van der Waals surface area contributed by atoms with E-state index in [2.05, 4.69) is 10.3 Å². The van der Waals surface area contributed by atoms with Gasteiger partial charge < -0.3 is 5.32 Å².